The molecule has 0 N–H and O–H groups in total. The van der Waals surface area contributed by atoms with Crippen LogP contribution in [0.3, 0.4) is 0 Å². The molecule has 0 spiro atoms. The fourth-order valence-corrected chi connectivity index (χ4v) is 3.85. The minimum Gasteiger partial charge on any atom is -0.497 e. The molecule has 0 saturated carbocycles. The van der Waals surface area contributed by atoms with Crippen LogP contribution in [-0.2, 0) is 11.8 Å². The summed E-state index contributed by atoms with van der Waals surface area (Å²) in [6, 6.07) is 6.00. The lowest BCUT2D eigenvalue weighted by Gasteiger charge is -2.26. The number of ketones is 1. The summed E-state index contributed by atoms with van der Waals surface area (Å²) in [5.74, 6) is 1.99. The number of aryl methyl sites for hydroxylation is 1. The lowest BCUT2D eigenvalue weighted by Crippen LogP contribution is -2.20. The van der Waals surface area contributed by atoms with Crippen LogP contribution < -0.4 is 9.47 Å². The number of allylic oxidation sites excluding steroid dienone is 3. The van der Waals surface area contributed by atoms with Crippen molar-refractivity contribution in [2.45, 2.75) is 46.6 Å². The van der Waals surface area contributed by atoms with E-state index in [2.05, 4.69) is 11.1 Å². The predicted molar refractivity (Wildman–Crippen MR) is 110 cm³/mol. The SMILES string of the molecule is C=C(C)C1CC(=O)C(C)=C(c2c(OC(C)C)c3cc(OC)ccc3n2C)C1. The van der Waals surface area contributed by atoms with E-state index in [-0.39, 0.29) is 17.8 Å². The molecule has 4 heteroatoms. The van der Waals surface area contributed by atoms with E-state index < -0.39 is 0 Å². The van der Waals surface area contributed by atoms with E-state index >= 15 is 0 Å². The average Bonchev–Trinajstić information content (AvgIpc) is 2.88. The summed E-state index contributed by atoms with van der Waals surface area (Å²) in [6.45, 7) is 12.1. The van der Waals surface area contributed by atoms with Crippen molar-refractivity contribution in [3.8, 4) is 11.5 Å². The number of hydrogen-bond donors (Lipinski definition) is 0. The Morgan fingerprint density at radius 1 is 1.30 bits per heavy atom. The number of fused-ring (bicyclic) bond motifs is 1. The molecule has 1 unspecified atom stereocenters. The van der Waals surface area contributed by atoms with Crippen LogP contribution in [0, 0.1) is 5.92 Å². The summed E-state index contributed by atoms with van der Waals surface area (Å²) in [6.07, 6.45) is 1.38. The largest absolute Gasteiger partial charge is 0.497 e. The van der Waals surface area contributed by atoms with Gasteiger partial charge in [0.15, 0.2) is 11.5 Å². The van der Waals surface area contributed by atoms with Gasteiger partial charge in [0.1, 0.15) is 5.75 Å². The number of methoxy groups -OCH3 is 1. The first kappa shape index (κ1) is 19.3. The summed E-state index contributed by atoms with van der Waals surface area (Å²) >= 11 is 0. The molecular weight excluding hydrogens is 338 g/mol. The van der Waals surface area contributed by atoms with Crippen molar-refractivity contribution in [3.63, 3.8) is 0 Å². The molecule has 1 atom stereocenters. The van der Waals surface area contributed by atoms with Gasteiger partial charge in [-0.05, 0) is 69.4 Å². The van der Waals surface area contributed by atoms with Gasteiger partial charge in [-0.3, -0.25) is 4.79 Å². The number of carbonyl (C=O) groups excluding carboxylic acids is 1. The van der Waals surface area contributed by atoms with Crippen LogP contribution in [-0.4, -0.2) is 23.6 Å². The van der Waals surface area contributed by atoms with Gasteiger partial charge in [-0.2, -0.15) is 0 Å². The average molecular weight is 367 g/mol. The smallest absolute Gasteiger partial charge is 0.159 e. The molecule has 0 saturated heterocycles. The minimum atomic E-state index is 0.0256. The number of aromatic nitrogens is 1. The first-order valence-electron chi connectivity index (χ1n) is 9.46. The standard InChI is InChI=1S/C23H29NO3/c1-13(2)16-10-18(15(5)21(25)11-16)22-23(27-14(3)4)19-12-17(26-7)8-9-20(19)24(22)6/h8-9,12,14,16H,1,10-11H2,2-7H3. The Hall–Kier alpha value is -2.49. The highest BCUT2D eigenvalue weighted by molar-refractivity contribution is 6.06. The number of rotatable bonds is 5. The fraction of sp³-hybridized carbons (Fsp3) is 0.435. The Kier molecular flexibility index (Phi) is 5.18. The van der Waals surface area contributed by atoms with E-state index in [1.807, 2.05) is 52.9 Å². The summed E-state index contributed by atoms with van der Waals surface area (Å²) < 4.78 is 13.8. The van der Waals surface area contributed by atoms with Crippen LogP contribution in [0.15, 0.2) is 35.9 Å². The second-order valence-electron chi connectivity index (χ2n) is 7.76. The summed E-state index contributed by atoms with van der Waals surface area (Å²) in [5, 5.41) is 1.01. The summed E-state index contributed by atoms with van der Waals surface area (Å²) in [5.41, 5.74) is 5.00. The molecule has 27 heavy (non-hydrogen) atoms. The van der Waals surface area contributed by atoms with Gasteiger partial charge in [0.05, 0.1) is 24.4 Å². The second kappa shape index (κ2) is 7.26. The van der Waals surface area contributed by atoms with E-state index in [1.54, 1.807) is 7.11 Å². The molecule has 4 nitrogen and oxygen atoms in total. The summed E-state index contributed by atoms with van der Waals surface area (Å²) in [7, 11) is 3.70. The van der Waals surface area contributed by atoms with Gasteiger partial charge in [-0.15, -0.1) is 0 Å². The maximum atomic E-state index is 12.7. The number of Topliss-reactive ketones (excluding diaryl/α,β-unsaturated/α-hetero) is 1. The molecule has 0 radical (unpaired) electrons. The monoisotopic (exact) mass is 367 g/mol. The maximum absolute atomic E-state index is 12.7. The van der Waals surface area contributed by atoms with E-state index in [0.717, 1.165) is 51.2 Å². The molecule has 1 aliphatic carbocycles. The Morgan fingerprint density at radius 3 is 2.59 bits per heavy atom. The molecule has 1 heterocycles. The van der Waals surface area contributed by atoms with Crippen LogP contribution in [0.4, 0.5) is 0 Å². The van der Waals surface area contributed by atoms with E-state index in [4.69, 9.17) is 9.47 Å². The topological polar surface area (TPSA) is 40.5 Å². The van der Waals surface area contributed by atoms with Crippen LogP contribution in [0.5, 0.6) is 11.5 Å². The highest BCUT2D eigenvalue weighted by Crippen LogP contribution is 2.45. The van der Waals surface area contributed by atoms with Gasteiger partial charge < -0.3 is 14.0 Å². The highest BCUT2D eigenvalue weighted by atomic mass is 16.5. The third kappa shape index (κ3) is 3.41. The second-order valence-corrected chi connectivity index (χ2v) is 7.76. The van der Waals surface area contributed by atoms with Crippen LogP contribution >= 0.6 is 0 Å². The molecule has 0 bridgehead atoms. The first-order valence-corrected chi connectivity index (χ1v) is 9.46. The fourth-order valence-electron chi connectivity index (χ4n) is 3.85. The van der Waals surface area contributed by atoms with Gasteiger partial charge in [-0.1, -0.05) is 12.2 Å². The minimum absolute atomic E-state index is 0.0256. The Bertz CT molecular complexity index is 946. The molecule has 144 valence electrons. The number of ether oxygens (including phenoxy) is 2. The van der Waals surface area contributed by atoms with Gasteiger partial charge in [0.2, 0.25) is 0 Å². The quantitative estimate of drug-likeness (QED) is 0.673. The lowest BCUT2D eigenvalue weighted by molar-refractivity contribution is -0.116. The number of hydrogen-bond acceptors (Lipinski definition) is 3. The van der Waals surface area contributed by atoms with Crippen molar-refractivity contribution < 1.29 is 14.3 Å². The normalized spacial score (nSPS) is 17.7. The molecule has 3 rings (SSSR count). The molecule has 0 fully saturated rings. The van der Waals surface area contributed by atoms with Gasteiger partial charge in [-0.25, -0.2) is 0 Å². The Morgan fingerprint density at radius 2 is 2.00 bits per heavy atom. The zero-order valence-electron chi connectivity index (χ0n) is 17.2. The van der Waals surface area contributed by atoms with Crippen molar-refractivity contribution in [2.75, 3.05) is 7.11 Å². The maximum Gasteiger partial charge on any atom is 0.159 e. The zero-order chi connectivity index (χ0) is 19.9. The third-order valence-electron chi connectivity index (χ3n) is 5.45. The number of carbonyl (C=O) groups is 1. The van der Waals surface area contributed by atoms with Gasteiger partial charge >= 0.3 is 0 Å². The van der Waals surface area contributed by atoms with E-state index in [0.29, 0.717) is 6.42 Å². The molecule has 0 amide bonds. The van der Waals surface area contributed by atoms with Crippen molar-refractivity contribution in [2.24, 2.45) is 13.0 Å². The van der Waals surface area contributed by atoms with E-state index in [1.165, 1.54) is 0 Å². The van der Waals surface area contributed by atoms with Gasteiger partial charge in [0, 0.05) is 18.9 Å². The molecule has 1 aromatic heterocycles. The zero-order valence-corrected chi connectivity index (χ0v) is 17.2. The Labute approximate surface area is 161 Å². The van der Waals surface area contributed by atoms with Crippen LogP contribution in [0.2, 0.25) is 0 Å². The van der Waals surface area contributed by atoms with E-state index in [9.17, 15) is 4.79 Å². The third-order valence-corrected chi connectivity index (χ3v) is 5.45. The number of benzene rings is 1. The number of nitrogens with zero attached hydrogens (tertiary/aromatic N) is 1. The van der Waals surface area contributed by atoms with Crippen molar-refractivity contribution in [1.82, 2.24) is 4.57 Å². The molecule has 2 aromatic rings. The van der Waals surface area contributed by atoms with Crippen molar-refractivity contribution in [3.05, 3.63) is 41.6 Å². The predicted octanol–water partition coefficient (Wildman–Crippen LogP) is 5.30. The molecule has 0 aliphatic heterocycles. The summed E-state index contributed by atoms with van der Waals surface area (Å²) in [4.78, 5) is 12.7. The molecular formula is C23H29NO3. The first-order chi connectivity index (χ1) is 12.7. The molecule has 1 aliphatic rings. The highest BCUT2D eigenvalue weighted by Gasteiger charge is 2.31. The van der Waals surface area contributed by atoms with Crippen molar-refractivity contribution >= 4 is 22.3 Å². The molecule has 1 aromatic carbocycles. The van der Waals surface area contributed by atoms with Crippen molar-refractivity contribution in [1.29, 1.82) is 0 Å². The lowest BCUT2D eigenvalue weighted by atomic mass is 9.79. The Balaban J connectivity index is 2.29. The van der Waals surface area contributed by atoms with Crippen LogP contribution in [0.1, 0.15) is 46.2 Å². The van der Waals surface area contributed by atoms with Gasteiger partial charge in [0.25, 0.3) is 0 Å². The van der Waals surface area contributed by atoms with Crippen LogP contribution in [0.25, 0.3) is 16.5 Å².